The van der Waals surface area contributed by atoms with E-state index in [2.05, 4.69) is 10.3 Å². The number of alkyl halides is 3. The van der Waals surface area contributed by atoms with E-state index in [0.29, 0.717) is 18.6 Å². The van der Waals surface area contributed by atoms with E-state index in [1.165, 1.54) is 0 Å². The highest BCUT2D eigenvalue weighted by Gasteiger charge is 2.32. The first kappa shape index (κ1) is 20.1. The third-order valence-corrected chi connectivity index (χ3v) is 4.24. The van der Waals surface area contributed by atoms with Gasteiger partial charge in [-0.1, -0.05) is 30.1 Å². The molecule has 2 rings (SSSR count). The van der Waals surface area contributed by atoms with E-state index in [1.54, 1.807) is 6.92 Å². The van der Waals surface area contributed by atoms with Gasteiger partial charge in [0.05, 0.1) is 21.3 Å². The average Bonchev–Trinajstić information content (AvgIpc) is 2.96. The minimum atomic E-state index is -4.62. The van der Waals surface area contributed by atoms with Crippen LogP contribution in [0.15, 0.2) is 18.5 Å². The van der Waals surface area contributed by atoms with Crippen molar-refractivity contribution in [2.24, 2.45) is 0 Å². The van der Waals surface area contributed by atoms with Crippen LogP contribution in [0, 0.1) is 11.3 Å². The van der Waals surface area contributed by atoms with Gasteiger partial charge in [-0.2, -0.15) is 18.4 Å². The van der Waals surface area contributed by atoms with Crippen molar-refractivity contribution in [1.29, 1.82) is 5.26 Å². The molecule has 1 N–H and O–H groups in total. The fraction of sp³-hybridized carbons (Fsp3) is 0.312. The van der Waals surface area contributed by atoms with Gasteiger partial charge in [0.2, 0.25) is 0 Å². The van der Waals surface area contributed by atoms with Crippen molar-refractivity contribution in [3.05, 3.63) is 45.5 Å². The molecule has 1 aromatic heterocycles. The van der Waals surface area contributed by atoms with Gasteiger partial charge in [-0.3, -0.25) is 9.36 Å². The SMILES string of the molecule is CCC(C)NC(=O)c1ncn(-c2c(Cl)cc(C(F)(F)F)cc2Cl)c1C#N. The zero-order valence-electron chi connectivity index (χ0n) is 13.7. The number of nitrogens with one attached hydrogen (secondary N) is 1. The molecule has 5 nitrogen and oxygen atoms in total. The lowest BCUT2D eigenvalue weighted by molar-refractivity contribution is -0.137. The van der Waals surface area contributed by atoms with E-state index in [9.17, 15) is 23.2 Å². The van der Waals surface area contributed by atoms with E-state index in [0.717, 1.165) is 10.9 Å². The van der Waals surface area contributed by atoms with E-state index >= 15 is 0 Å². The summed E-state index contributed by atoms with van der Waals surface area (Å²) < 4.78 is 39.6. The summed E-state index contributed by atoms with van der Waals surface area (Å²) in [6.07, 6.45) is -2.84. The standard InChI is InChI=1S/C16H13Cl2F3N4O/c1-3-8(2)24-15(26)13-12(6-22)25(7-23-13)14-10(17)4-9(5-11(14)18)16(19,20)21/h4-5,7-8H,3H2,1-2H3,(H,24,26). The topological polar surface area (TPSA) is 70.7 Å². The van der Waals surface area contributed by atoms with Crippen molar-refractivity contribution in [1.82, 2.24) is 14.9 Å². The van der Waals surface area contributed by atoms with Gasteiger partial charge in [0.15, 0.2) is 11.4 Å². The number of halogens is 5. The molecule has 0 spiro atoms. The van der Waals surface area contributed by atoms with E-state index < -0.39 is 17.6 Å². The van der Waals surface area contributed by atoms with Crippen LogP contribution in [0.3, 0.4) is 0 Å². The number of rotatable bonds is 4. The molecule has 1 atom stereocenters. The van der Waals surface area contributed by atoms with Crippen molar-refractivity contribution in [2.75, 3.05) is 0 Å². The Balaban J connectivity index is 2.55. The predicted octanol–water partition coefficient (Wildman–Crippen LogP) is 4.60. The van der Waals surface area contributed by atoms with Crippen LogP contribution < -0.4 is 5.32 Å². The third-order valence-electron chi connectivity index (χ3n) is 3.66. The average molecular weight is 405 g/mol. The molecule has 138 valence electrons. The van der Waals surface area contributed by atoms with Gasteiger partial charge in [-0.05, 0) is 25.5 Å². The molecule has 0 aliphatic carbocycles. The summed E-state index contributed by atoms with van der Waals surface area (Å²) in [5.41, 5.74) is -1.44. The van der Waals surface area contributed by atoms with Crippen LogP contribution in [0.25, 0.3) is 5.69 Å². The molecular formula is C16H13Cl2F3N4O. The van der Waals surface area contributed by atoms with Crippen LogP contribution in [-0.4, -0.2) is 21.5 Å². The molecule has 0 saturated heterocycles. The maximum atomic E-state index is 12.9. The molecule has 2 aromatic rings. The predicted molar refractivity (Wildman–Crippen MR) is 90.5 cm³/mol. The number of benzene rings is 1. The highest BCUT2D eigenvalue weighted by Crippen LogP contribution is 2.38. The number of amides is 1. The van der Waals surface area contributed by atoms with Gasteiger partial charge < -0.3 is 5.32 Å². The fourth-order valence-electron chi connectivity index (χ4n) is 2.14. The van der Waals surface area contributed by atoms with Crippen LogP contribution in [0.4, 0.5) is 13.2 Å². The van der Waals surface area contributed by atoms with Crippen LogP contribution in [0.5, 0.6) is 0 Å². The summed E-state index contributed by atoms with van der Waals surface area (Å²) in [6, 6.07) is 3.07. The molecule has 0 bridgehead atoms. The van der Waals surface area contributed by atoms with Crippen molar-refractivity contribution in [2.45, 2.75) is 32.5 Å². The van der Waals surface area contributed by atoms with Gasteiger partial charge in [-0.15, -0.1) is 0 Å². The summed E-state index contributed by atoms with van der Waals surface area (Å²) in [6.45, 7) is 3.65. The van der Waals surface area contributed by atoms with Crippen LogP contribution in [0.2, 0.25) is 10.0 Å². The molecule has 0 aliphatic rings. The summed E-state index contributed by atoms with van der Waals surface area (Å²) >= 11 is 11.9. The quantitative estimate of drug-likeness (QED) is 0.809. The first-order chi connectivity index (χ1) is 12.1. The zero-order valence-corrected chi connectivity index (χ0v) is 15.2. The summed E-state index contributed by atoms with van der Waals surface area (Å²) in [5, 5.41) is 11.4. The minimum absolute atomic E-state index is 0.0621. The second-order valence-corrected chi connectivity index (χ2v) is 6.31. The summed E-state index contributed by atoms with van der Waals surface area (Å²) in [7, 11) is 0. The van der Waals surface area contributed by atoms with Crippen LogP contribution >= 0.6 is 23.2 Å². The summed E-state index contributed by atoms with van der Waals surface area (Å²) in [4.78, 5) is 16.1. The first-order valence-electron chi connectivity index (χ1n) is 7.45. The van der Waals surface area contributed by atoms with Crippen molar-refractivity contribution in [3.8, 4) is 11.8 Å². The molecule has 1 heterocycles. The lowest BCUT2D eigenvalue weighted by Gasteiger charge is -2.14. The maximum absolute atomic E-state index is 12.9. The molecule has 26 heavy (non-hydrogen) atoms. The molecule has 0 aliphatic heterocycles. The molecule has 0 saturated carbocycles. The van der Waals surface area contributed by atoms with Gasteiger partial charge >= 0.3 is 6.18 Å². The van der Waals surface area contributed by atoms with Crippen molar-refractivity contribution < 1.29 is 18.0 Å². The molecular weight excluding hydrogens is 392 g/mol. The molecule has 10 heteroatoms. The van der Waals surface area contributed by atoms with Crippen LogP contribution in [0.1, 0.15) is 42.0 Å². The Bertz CT molecular complexity index is 864. The van der Waals surface area contributed by atoms with E-state index in [1.807, 2.05) is 13.0 Å². The maximum Gasteiger partial charge on any atom is 0.416 e. The van der Waals surface area contributed by atoms with Crippen molar-refractivity contribution in [3.63, 3.8) is 0 Å². The highest BCUT2D eigenvalue weighted by molar-refractivity contribution is 6.38. The second kappa shape index (κ2) is 7.56. The number of nitrogens with zero attached hydrogens (tertiary/aromatic N) is 3. The highest BCUT2D eigenvalue weighted by atomic mass is 35.5. The van der Waals surface area contributed by atoms with Gasteiger partial charge in [0.1, 0.15) is 12.4 Å². The van der Waals surface area contributed by atoms with E-state index in [4.69, 9.17) is 23.2 Å². The third kappa shape index (κ3) is 3.94. The zero-order chi connectivity index (χ0) is 19.6. The molecule has 0 radical (unpaired) electrons. The van der Waals surface area contributed by atoms with Crippen molar-refractivity contribution >= 4 is 29.1 Å². The summed E-state index contributed by atoms with van der Waals surface area (Å²) in [5.74, 6) is -0.575. The Morgan fingerprint density at radius 1 is 1.38 bits per heavy atom. The Kier molecular flexibility index (Phi) is 5.84. The van der Waals surface area contributed by atoms with Crippen LogP contribution in [-0.2, 0) is 6.18 Å². The molecule has 1 amide bonds. The lowest BCUT2D eigenvalue weighted by Crippen LogP contribution is -2.32. The minimum Gasteiger partial charge on any atom is -0.348 e. The number of aromatic nitrogens is 2. The molecule has 1 aromatic carbocycles. The lowest BCUT2D eigenvalue weighted by atomic mass is 10.2. The Hall–Kier alpha value is -2.24. The molecule has 0 fully saturated rings. The Morgan fingerprint density at radius 2 is 1.96 bits per heavy atom. The number of imidazole rings is 1. The van der Waals surface area contributed by atoms with Gasteiger partial charge in [0.25, 0.3) is 5.91 Å². The largest absolute Gasteiger partial charge is 0.416 e. The first-order valence-corrected chi connectivity index (χ1v) is 8.20. The smallest absolute Gasteiger partial charge is 0.348 e. The Morgan fingerprint density at radius 3 is 2.42 bits per heavy atom. The monoisotopic (exact) mass is 404 g/mol. The number of carbonyl (C=O) groups excluding carboxylic acids is 1. The normalized spacial score (nSPS) is 12.5. The fourth-order valence-corrected chi connectivity index (χ4v) is 2.81. The van der Waals surface area contributed by atoms with Gasteiger partial charge in [0, 0.05) is 6.04 Å². The number of hydrogen-bond donors (Lipinski definition) is 1. The molecule has 1 unspecified atom stereocenters. The number of carbonyl (C=O) groups is 1. The van der Waals surface area contributed by atoms with Gasteiger partial charge in [-0.25, -0.2) is 4.98 Å². The second-order valence-electron chi connectivity index (χ2n) is 5.49. The Labute approximate surface area is 157 Å². The van der Waals surface area contributed by atoms with E-state index in [-0.39, 0.29) is 33.2 Å². The number of nitriles is 1. The number of hydrogen-bond acceptors (Lipinski definition) is 3.